The average molecular weight is 425 g/mol. The molecule has 1 heterocycles. The number of anilines is 1. The number of aromatic carboxylic acids is 1. The number of carbonyl (C=O) groups is 1. The molecule has 0 radical (unpaired) electrons. The van der Waals surface area contributed by atoms with Crippen LogP contribution >= 0.6 is 31.9 Å². The van der Waals surface area contributed by atoms with Crippen LogP contribution in [-0.2, 0) is 10.0 Å². The molecular formula is C10H7Br2N3O4S. The number of nitrogens with one attached hydrogen (secondary N) is 2. The molecule has 3 N–H and O–H groups in total. The molecule has 0 aliphatic carbocycles. The van der Waals surface area contributed by atoms with E-state index in [1.807, 2.05) is 0 Å². The van der Waals surface area contributed by atoms with Gasteiger partial charge in [-0.1, -0.05) is 15.9 Å². The van der Waals surface area contributed by atoms with Gasteiger partial charge in [-0.2, -0.15) is 13.5 Å². The van der Waals surface area contributed by atoms with Crippen molar-refractivity contribution in [2.45, 2.75) is 5.03 Å². The van der Waals surface area contributed by atoms with Crippen LogP contribution in [0.5, 0.6) is 0 Å². The van der Waals surface area contributed by atoms with Crippen molar-refractivity contribution in [1.29, 1.82) is 0 Å². The summed E-state index contributed by atoms with van der Waals surface area (Å²) in [4.78, 5) is 10.9. The number of benzene rings is 1. The second kappa shape index (κ2) is 5.54. The highest BCUT2D eigenvalue weighted by molar-refractivity contribution is 9.11. The summed E-state index contributed by atoms with van der Waals surface area (Å²) in [7, 11) is -4.08. The molecule has 1 aromatic carbocycles. The summed E-state index contributed by atoms with van der Waals surface area (Å²) in [5.74, 6) is -1.38. The minimum absolute atomic E-state index is 0.269. The van der Waals surface area contributed by atoms with Gasteiger partial charge in [0, 0.05) is 8.95 Å². The molecule has 10 heteroatoms. The first-order valence-electron chi connectivity index (χ1n) is 5.06. The maximum Gasteiger partial charge on any atom is 0.340 e. The number of nitrogens with zero attached hydrogens (tertiary/aromatic N) is 1. The van der Waals surface area contributed by atoms with Gasteiger partial charge in [-0.25, -0.2) is 4.79 Å². The Bertz CT molecular complexity index is 773. The monoisotopic (exact) mass is 423 g/mol. The van der Waals surface area contributed by atoms with E-state index in [1.165, 1.54) is 0 Å². The zero-order valence-electron chi connectivity index (χ0n) is 9.59. The zero-order chi connectivity index (χ0) is 14.9. The van der Waals surface area contributed by atoms with Crippen molar-refractivity contribution in [1.82, 2.24) is 10.2 Å². The van der Waals surface area contributed by atoms with E-state index in [9.17, 15) is 13.2 Å². The number of sulfonamides is 1. The van der Waals surface area contributed by atoms with Gasteiger partial charge in [-0.3, -0.25) is 9.82 Å². The van der Waals surface area contributed by atoms with Crippen molar-refractivity contribution in [3.63, 3.8) is 0 Å². The van der Waals surface area contributed by atoms with Crippen LogP contribution in [0, 0.1) is 0 Å². The van der Waals surface area contributed by atoms with Crippen LogP contribution in [0.25, 0.3) is 0 Å². The topological polar surface area (TPSA) is 112 Å². The van der Waals surface area contributed by atoms with Crippen LogP contribution in [0.15, 0.2) is 38.4 Å². The van der Waals surface area contributed by atoms with E-state index >= 15 is 0 Å². The maximum absolute atomic E-state index is 12.2. The molecule has 0 aliphatic heterocycles. The Kier molecular flexibility index (Phi) is 4.16. The van der Waals surface area contributed by atoms with E-state index in [1.54, 1.807) is 18.2 Å². The second-order valence-electron chi connectivity index (χ2n) is 3.65. The minimum atomic E-state index is -4.08. The lowest BCUT2D eigenvalue weighted by atomic mass is 10.3. The molecule has 0 bridgehead atoms. The first-order valence-corrected chi connectivity index (χ1v) is 8.12. The predicted molar refractivity (Wildman–Crippen MR) is 78.2 cm³/mol. The fourth-order valence-corrected chi connectivity index (χ4v) is 3.40. The molecule has 0 fully saturated rings. The summed E-state index contributed by atoms with van der Waals surface area (Å²) in [6.45, 7) is 0. The summed E-state index contributed by atoms with van der Waals surface area (Å²) >= 11 is 6.42. The number of carboxylic acids is 1. The SMILES string of the molecule is O=C(O)c1cn[nH]c1S(=O)(=O)Nc1cc(Br)ccc1Br. The molecule has 0 unspecified atom stereocenters. The quantitative estimate of drug-likeness (QED) is 0.697. The molecule has 7 nitrogen and oxygen atoms in total. The summed E-state index contributed by atoms with van der Waals surface area (Å²) in [6, 6.07) is 4.91. The first kappa shape index (κ1) is 15.0. The summed E-state index contributed by atoms with van der Waals surface area (Å²) < 4.78 is 27.8. The molecule has 0 atom stereocenters. The number of hydrogen-bond donors (Lipinski definition) is 3. The highest BCUT2D eigenvalue weighted by atomic mass is 79.9. The van der Waals surface area contributed by atoms with E-state index in [4.69, 9.17) is 5.11 Å². The van der Waals surface area contributed by atoms with E-state index in [0.29, 0.717) is 8.95 Å². The van der Waals surface area contributed by atoms with Gasteiger partial charge in [0.05, 0.1) is 11.9 Å². The van der Waals surface area contributed by atoms with Crippen LogP contribution in [0.1, 0.15) is 10.4 Å². The highest BCUT2D eigenvalue weighted by Gasteiger charge is 2.25. The Balaban J connectivity index is 2.44. The molecule has 0 spiro atoms. The van der Waals surface area contributed by atoms with Gasteiger partial charge >= 0.3 is 5.97 Å². The van der Waals surface area contributed by atoms with Gasteiger partial charge in [-0.15, -0.1) is 0 Å². The number of hydrogen-bond acceptors (Lipinski definition) is 4. The Morgan fingerprint density at radius 2 is 2.05 bits per heavy atom. The zero-order valence-corrected chi connectivity index (χ0v) is 13.6. The van der Waals surface area contributed by atoms with Gasteiger partial charge in [0.1, 0.15) is 5.56 Å². The summed E-state index contributed by atoms with van der Waals surface area (Å²) in [6.07, 6.45) is 0.937. The first-order chi connectivity index (χ1) is 9.31. The average Bonchev–Trinajstić information content (AvgIpc) is 2.83. The number of carboxylic acid groups (broad SMARTS) is 1. The van der Waals surface area contributed by atoms with Gasteiger partial charge in [0.25, 0.3) is 10.0 Å². The van der Waals surface area contributed by atoms with E-state index in [2.05, 4.69) is 46.8 Å². The second-order valence-corrected chi connectivity index (χ2v) is 7.04. The van der Waals surface area contributed by atoms with Crippen LogP contribution in [0.2, 0.25) is 0 Å². The van der Waals surface area contributed by atoms with E-state index < -0.39 is 26.6 Å². The van der Waals surface area contributed by atoms with Gasteiger partial charge in [0.2, 0.25) is 0 Å². The highest BCUT2D eigenvalue weighted by Crippen LogP contribution is 2.28. The lowest BCUT2D eigenvalue weighted by molar-refractivity contribution is 0.0692. The van der Waals surface area contributed by atoms with Crippen LogP contribution in [0.3, 0.4) is 0 Å². The normalized spacial score (nSPS) is 11.3. The molecule has 0 saturated carbocycles. The standard InChI is InChI=1S/C10H7Br2N3O4S/c11-5-1-2-7(12)8(3-5)15-20(18,19)9-6(10(16)17)4-13-14-9/h1-4,15H,(H,13,14)(H,16,17). The molecule has 106 valence electrons. The molecule has 1 aromatic heterocycles. The van der Waals surface area contributed by atoms with Crippen molar-refractivity contribution in [2.75, 3.05) is 4.72 Å². The maximum atomic E-state index is 12.2. The lowest BCUT2D eigenvalue weighted by Crippen LogP contribution is -2.17. The lowest BCUT2D eigenvalue weighted by Gasteiger charge is -2.09. The van der Waals surface area contributed by atoms with Crippen LogP contribution < -0.4 is 4.72 Å². The minimum Gasteiger partial charge on any atom is -0.478 e. The predicted octanol–water partition coefficient (Wildman–Crippen LogP) is 2.43. The summed E-state index contributed by atoms with van der Waals surface area (Å²) in [5.41, 5.74) is -0.158. The Labute approximate surface area is 130 Å². The molecule has 20 heavy (non-hydrogen) atoms. The van der Waals surface area contributed by atoms with Crippen molar-refractivity contribution >= 4 is 53.5 Å². The Morgan fingerprint density at radius 1 is 1.35 bits per heavy atom. The molecule has 0 amide bonds. The molecule has 2 aromatic rings. The smallest absolute Gasteiger partial charge is 0.340 e. The van der Waals surface area contributed by atoms with E-state index in [0.717, 1.165) is 6.20 Å². The third kappa shape index (κ3) is 3.02. The Hall–Kier alpha value is -1.39. The number of H-pyrrole nitrogens is 1. The Morgan fingerprint density at radius 3 is 2.70 bits per heavy atom. The van der Waals surface area contributed by atoms with Crippen LogP contribution in [-0.4, -0.2) is 29.7 Å². The number of rotatable bonds is 4. The van der Waals surface area contributed by atoms with Gasteiger partial charge < -0.3 is 5.11 Å². The van der Waals surface area contributed by atoms with Crippen molar-refractivity contribution in [3.05, 3.63) is 38.9 Å². The van der Waals surface area contributed by atoms with Crippen molar-refractivity contribution in [2.24, 2.45) is 0 Å². The number of aromatic nitrogens is 2. The fourth-order valence-electron chi connectivity index (χ4n) is 1.40. The third-order valence-electron chi connectivity index (χ3n) is 2.28. The molecule has 0 saturated heterocycles. The van der Waals surface area contributed by atoms with Gasteiger partial charge in [-0.05, 0) is 34.1 Å². The fraction of sp³-hybridized carbons (Fsp3) is 0. The number of aromatic amines is 1. The van der Waals surface area contributed by atoms with Gasteiger partial charge in [0.15, 0.2) is 5.03 Å². The summed E-state index contributed by atoms with van der Waals surface area (Å²) in [5, 5.41) is 14.0. The largest absolute Gasteiger partial charge is 0.478 e. The third-order valence-corrected chi connectivity index (χ3v) is 4.80. The van der Waals surface area contributed by atoms with Crippen molar-refractivity contribution < 1.29 is 18.3 Å². The van der Waals surface area contributed by atoms with E-state index in [-0.39, 0.29) is 5.69 Å². The molecular weight excluding hydrogens is 418 g/mol. The van der Waals surface area contributed by atoms with Crippen LogP contribution in [0.4, 0.5) is 5.69 Å². The molecule has 2 rings (SSSR count). The van der Waals surface area contributed by atoms with Crippen molar-refractivity contribution in [3.8, 4) is 0 Å². The molecule has 0 aliphatic rings. The number of halogens is 2.